The lowest BCUT2D eigenvalue weighted by atomic mass is 9.88. The highest BCUT2D eigenvalue weighted by atomic mass is 19.4. The molecular weight excluding hydrogens is 512 g/mol. The van der Waals surface area contributed by atoms with Gasteiger partial charge in [0.2, 0.25) is 0 Å². The maximum absolute atomic E-state index is 14.4. The van der Waals surface area contributed by atoms with Crippen molar-refractivity contribution in [1.29, 1.82) is 0 Å². The predicted octanol–water partition coefficient (Wildman–Crippen LogP) is 4.67. The van der Waals surface area contributed by atoms with Gasteiger partial charge in [-0.15, -0.1) is 0 Å². The third-order valence-corrected chi connectivity index (χ3v) is 6.76. The van der Waals surface area contributed by atoms with Crippen molar-refractivity contribution in [2.75, 3.05) is 44.2 Å². The Balaban J connectivity index is 1.85. The first-order valence-electron chi connectivity index (χ1n) is 12.1. The molecule has 7 nitrogen and oxygen atoms in total. The number of hydrogen-bond acceptors (Lipinski definition) is 7. The van der Waals surface area contributed by atoms with E-state index in [0.29, 0.717) is 13.1 Å². The van der Waals surface area contributed by atoms with E-state index in [1.807, 2.05) is 23.6 Å². The van der Waals surface area contributed by atoms with Gasteiger partial charge in [0.25, 0.3) is 0 Å². The van der Waals surface area contributed by atoms with Crippen molar-refractivity contribution in [1.82, 2.24) is 29.7 Å². The van der Waals surface area contributed by atoms with E-state index in [4.69, 9.17) is 0 Å². The molecule has 4 rings (SSSR count). The maximum atomic E-state index is 14.4. The van der Waals surface area contributed by atoms with Gasteiger partial charge in [0.05, 0.1) is 11.1 Å². The molecule has 1 unspecified atom stereocenters. The predicted molar refractivity (Wildman–Crippen MR) is 128 cm³/mol. The number of anilines is 1. The second kappa shape index (κ2) is 10.8. The molecule has 1 atom stereocenters. The largest absolute Gasteiger partial charge is 0.419 e. The Labute approximate surface area is 216 Å². The molecule has 0 amide bonds. The molecule has 1 saturated heterocycles. The highest BCUT2D eigenvalue weighted by molar-refractivity contribution is 5.49. The zero-order valence-electron chi connectivity index (χ0n) is 20.8. The summed E-state index contributed by atoms with van der Waals surface area (Å²) in [4.78, 5) is 21.6. The zero-order valence-corrected chi connectivity index (χ0v) is 20.8. The van der Waals surface area contributed by atoms with Crippen molar-refractivity contribution in [3.05, 3.63) is 77.8 Å². The Morgan fingerprint density at radius 3 is 1.84 bits per heavy atom. The topological polar surface area (TPSA) is 61.3 Å². The summed E-state index contributed by atoms with van der Waals surface area (Å²) < 4.78 is 84.0. The first-order valence-corrected chi connectivity index (χ1v) is 12.1. The SMILES string of the molecule is CCN(CC)C(c1ncncn1)(c1ccccc1C(F)(F)F)N1CCN(c2ncccc2C(F)(F)F)CC1. The van der Waals surface area contributed by atoms with Gasteiger partial charge in [0.1, 0.15) is 18.5 Å². The standard InChI is InChI=1S/C25H27F6N7/c1-3-37(4-2)23(22-34-16-32-17-35-22,18-8-5-6-9-19(18)24(26,27)28)38-14-12-36(13-15-38)21-20(25(29,30)31)10-7-11-33-21/h5-11,16-17H,3-4,12-15H2,1-2H3. The van der Waals surface area contributed by atoms with Crippen LogP contribution in [0.5, 0.6) is 0 Å². The summed E-state index contributed by atoms with van der Waals surface area (Å²) in [5, 5.41) is 0. The van der Waals surface area contributed by atoms with Crippen LogP contribution >= 0.6 is 0 Å². The second-order valence-electron chi connectivity index (χ2n) is 8.70. The second-order valence-corrected chi connectivity index (χ2v) is 8.70. The summed E-state index contributed by atoms with van der Waals surface area (Å²) in [5.74, 6) is -0.0980. The van der Waals surface area contributed by atoms with E-state index in [2.05, 4.69) is 19.9 Å². The number of alkyl halides is 6. The van der Waals surface area contributed by atoms with Crippen LogP contribution < -0.4 is 4.90 Å². The quantitative estimate of drug-likeness (QED) is 0.405. The number of benzene rings is 1. The Bertz CT molecular complexity index is 1210. The van der Waals surface area contributed by atoms with E-state index >= 15 is 0 Å². The van der Waals surface area contributed by atoms with Gasteiger partial charge in [0.15, 0.2) is 11.5 Å². The third-order valence-electron chi connectivity index (χ3n) is 6.76. The molecule has 0 aliphatic carbocycles. The van der Waals surface area contributed by atoms with Gasteiger partial charge in [-0.1, -0.05) is 32.0 Å². The van der Waals surface area contributed by atoms with Gasteiger partial charge in [-0.2, -0.15) is 26.3 Å². The highest BCUT2D eigenvalue weighted by Crippen LogP contribution is 2.45. The Hall–Kier alpha value is -3.32. The average Bonchev–Trinajstić information content (AvgIpc) is 2.91. The van der Waals surface area contributed by atoms with Crippen molar-refractivity contribution in [2.45, 2.75) is 31.9 Å². The highest BCUT2D eigenvalue weighted by Gasteiger charge is 2.52. The lowest BCUT2D eigenvalue weighted by Crippen LogP contribution is -2.64. The molecule has 1 aliphatic heterocycles. The summed E-state index contributed by atoms with van der Waals surface area (Å²) in [6, 6.07) is 7.49. The van der Waals surface area contributed by atoms with Gasteiger partial charge in [-0.3, -0.25) is 9.80 Å². The minimum Gasteiger partial charge on any atom is -0.354 e. The van der Waals surface area contributed by atoms with Gasteiger partial charge < -0.3 is 4.90 Å². The molecule has 0 radical (unpaired) electrons. The van der Waals surface area contributed by atoms with Crippen LogP contribution in [-0.2, 0) is 18.0 Å². The fourth-order valence-electron chi connectivity index (χ4n) is 5.19. The Morgan fingerprint density at radius 1 is 0.737 bits per heavy atom. The molecule has 3 heterocycles. The van der Waals surface area contributed by atoms with E-state index in [1.54, 1.807) is 0 Å². The van der Waals surface area contributed by atoms with E-state index in [9.17, 15) is 26.3 Å². The summed E-state index contributed by atoms with van der Waals surface area (Å²) in [6.07, 6.45) is -5.50. The molecule has 2 aromatic heterocycles. The summed E-state index contributed by atoms with van der Waals surface area (Å²) in [6.45, 7) is 4.82. The first kappa shape index (κ1) is 27.7. The molecule has 13 heteroatoms. The third kappa shape index (κ3) is 5.04. The number of nitrogens with zero attached hydrogens (tertiary/aromatic N) is 7. The number of piperazine rings is 1. The van der Waals surface area contributed by atoms with Crippen molar-refractivity contribution < 1.29 is 26.3 Å². The fourth-order valence-corrected chi connectivity index (χ4v) is 5.19. The van der Waals surface area contributed by atoms with Crippen LogP contribution in [0.25, 0.3) is 0 Å². The van der Waals surface area contributed by atoms with Crippen LogP contribution in [0.3, 0.4) is 0 Å². The number of halogens is 6. The van der Waals surface area contributed by atoms with Crippen LogP contribution in [0.2, 0.25) is 0 Å². The van der Waals surface area contributed by atoms with Crippen LogP contribution in [-0.4, -0.2) is 69.0 Å². The minimum absolute atomic E-state index is 0.0512. The van der Waals surface area contributed by atoms with Gasteiger partial charge in [0, 0.05) is 37.9 Å². The fraction of sp³-hybridized carbons (Fsp3) is 0.440. The number of aromatic nitrogens is 4. The van der Waals surface area contributed by atoms with Gasteiger partial charge in [-0.25, -0.2) is 19.9 Å². The molecule has 0 spiro atoms. The smallest absolute Gasteiger partial charge is 0.354 e. The first-order chi connectivity index (χ1) is 18.0. The van der Waals surface area contributed by atoms with Crippen LogP contribution in [0.15, 0.2) is 55.2 Å². The maximum Gasteiger partial charge on any atom is 0.419 e. The number of pyridine rings is 1. The molecule has 1 aromatic carbocycles. The zero-order chi connectivity index (χ0) is 27.6. The summed E-state index contributed by atoms with van der Waals surface area (Å²) in [5.41, 5.74) is -3.30. The molecule has 38 heavy (non-hydrogen) atoms. The van der Waals surface area contributed by atoms with E-state index in [-0.39, 0.29) is 43.4 Å². The summed E-state index contributed by atoms with van der Waals surface area (Å²) in [7, 11) is 0. The molecule has 0 saturated carbocycles. The van der Waals surface area contributed by atoms with Gasteiger partial charge in [-0.05, 0) is 31.3 Å². The van der Waals surface area contributed by atoms with Crippen LogP contribution in [0.4, 0.5) is 32.2 Å². The van der Waals surface area contributed by atoms with Crippen LogP contribution in [0.1, 0.15) is 36.4 Å². The molecule has 0 bridgehead atoms. The lowest BCUT2D eigenvalue weighted by molar-refractivity contribution is -0.142. The number of rotatable bonds is 7. The number of hydrogen-bond donors (Lipinski definition) is 0. The molecule has 3 aromatic rings. The normalized spacial score (nSPS) is 17.0. The minimum atomic E-state index is -4.67. The van der Waals surface area contributed by atoms with Gasteiger partial charge >= 0.3 is 12.4 Å². The Kier molecular flexibility index (Phi) is 7.88. The van der Waals surface area contributed by atoms with Crippen molar-refractivity contribution in [3.63, 3.8) is 0 Å². The van der Waals surface area contributed by atoms with Crippen molar-refractivity contribution in [3.8, 4) is 0 Å². The van der Waals surface area contributed by atoms with E-state index in [0.717, 1.165) is 12.1 Å². The van der Waals surface area contributed by atoms with Crippen LogP contribution in [0, 0.1) is 0 Å². The van der Waals surface area contributed by atoms with E-state index < -0.39 is 29.1 Å². The lowest BCUT2D eigenvalue weighted by Gasteiger charge is -2.52. The molecular formula is C25H27F6N7. The Morgan fingerprint density at radius 2 is 1.29 bits per heavy atom. The monoisotopic (exact) mass is 539 g/mol. The molecule has 0 N–H and O–H groups in total. The molecule has 1 aliphatic rings. The van der Waals surface area contributed by atoms with Crippen molar-refractivity contribution >= 4 is 5.82 Å². The molecule has 204 valence electrons. The molecule has 1 fully saturated rings. The van der Waals surface area contributed by atoms with Crippen molar-refractivity contribution in [2.24, 2.45) is 0 Å². The van der Waals surface area contributed by atoms with E-state index in [1.165, 1.54) is 48.0 Å². The average molecular weight is 540 g/mol. The summed E-state index contributed by atoms with van der Waals surface area (Å²) >= 11 is 0.